The van der Waals surface area contributed by atoms with Gasteiger partial charge in [-0.15, -0.1) is 0 Å². The average molecular weight is 1010 g/mol. The van der Waals surface area contributed by atoms with Crippen molar-refractivity contribution >= 4 is 64.2 Å². The number of aromatic nitrogens is 1. The van der Waals surface area contributed by atoms with E-state index in [-0.39, 0.29) is 88.0 Å². The number of carbonyl (C=O) groups is 7. The lowest BCUT2D eigenvalue weighted by atomic mass is 10.0. The number of unbranched alkanes of at least 4 members (excludes halogenated alkanes) is 1. The number of hydrogen-bond donors (Lipinski definition) is 14. The predicted molar refractivity (Wildman–Crippen MR) is 275 cm³/mol. The predicted octanol–water partition coefficient (Wildman–Crippen LogP) is -1.44. The van der Waals surface area contributed by atoms with E-state index >= 15 is 4.79 Å². The Hall–Kier alpha value is -8.41. The van der Waals surface area contributed by atoms with Crippen LogP contribution in [0.1, 0.15) is 68.6 Å². The van der Waals surface area contributed by atoms with Gasteiger partial charge in [-0.1, -0.05) is 42.5 Å². The zero-order valence-electron chi connectivity index (χ0n) is 40.8. The topological polar surface area (TPSA) is 420 Å². The lowest BCUT2D eigenvalue weighted by Gasteiger charge is -2.30. The van der Waals surface area contributed by atoms with Gasteiger partial charge in [-0.3, -0.25) is 43.5 Å². The third kappa shape index (κ3) is 19.7. The Kier molecular flexibility index (Phi) is 22.8. The first-order valence-corrected chi connectivity index (χ1v) is 23.8. The van der Waals surface area contributed by atoms with Gasteiger partial charge < -0.3 is 81.1 Å². The number of carbonyl (C=O) groups excluding carboxylic acids is 7. The van der Waals surface area contributed by atoms with Crippen LogP contribution in [0.5, 0.6) is 11.5 Å². The van der Waals surface area contributed by atoms with Crippen molar-refractivity contribution in [2.75, 3.05) is 26.2 Å². The lowest BCUT2D eigenvalue weighted by Crippen LogP contribution is -2.59. The van der Waals surface area contributed by atoms with Crippen LogP contribution in [-0.2, 0) is 52.9 Å². The van der Waals surface area contributed by atoms with Crippen LogP contribution in [0.15, 0.2) is 89.0 Å². The molecule has 4 aromatic rings. The van der Waals surface area contributed by atoms with Crippen molar-refractivity contribution in [1.82, 2.24) is 36.5 Å². The van der Waals surface area contributed by atoms with Crippen molar-refractivity contribution in [2.24, 2.45) is 44.4 Å². The summed E-state index contributed by atoms with van der Waals surface area (Å²) >= 11 is 0. The Labute approximate surface area is 422 Å². The molecule has 1 heterocycles. The Morgan fingerprint density at radius 2 is 1.10 bits per heavy atom. The number of nitrogens with zero attached hydrogens (tertiary/aromatic N) is 3. The minimum absolute atomic E-state index is 0.0497. The van der Waals surface area contributed by atoms with Crippen LogP contribution >= 0.6 is 0 Å². The zero-order valence-corrected chi connectivity index (χ0v) is 40.8. The van der Waals surface area contributed by atoms with Crippen LogP contribution in [0, 0.1) is 0 Å². The summed E-state index contributed by atoms with van der Waals surface area (Å²) in [5.74, 6) is -5.63. The number of amides is 7. The third-order valence-electron chi connectivity index (χ3n) is 11.5. The normalized spacial score (nSPS) is 13.0. The molecule has 0 aliphatic rings. The van der Waals surface area contributed by atoms with Crippen LogP contribution in [0.4, 0.5) is 0 Å². The number of primary amides is 1. The van der Waals surface area contributed by atoms with E-state index in [0.717, 1.165) is 10.9 Å². The van der Waals surface area contributed by atoms with Gasteiger partial charge in [0, 0.05) is 56.5 Å². The van der Waals surface area contributed by atoms with Crippen LogP contribution in [-0.4, -0.2) is 130 Å². The van der Waals surface area contributed by atoms with Crippen LogP contribution in [0.25, 0.3) is 10.9 Å². The Morgan fingerprint density at radius 3 is 1.60 bits per heavy atom. The Balaban J connectivity index is 1.73. The van der Waals surface area contributed by atoms with Gasteiger partial charge in [0.15, 0.2) is 11.9 Å². The fourth-order valence-electron chi connectivity index (χ4n) is 7.84. The highest BCUT2D eigenvalue weighted by atomic mass is 16.3. The molecule has 7 amide bonds. The molecule has 0 saturated carbocycles. The van der Waals surface area contributed by atoms with E-state index in [2.05, 4.69) is 41.6 Å². The first-order valence-electron chi connectivity index (χ1n) is 23.8. The SMILES string of the molecule is CC(=O)N[C@@H](CCCN=C(N)N)C(=O)N[C@@H](Cc1ccc(O)cc1)C(=O)N[C@@H](Cc1ccc(O)cc1)C(=O)N[C@@H](CCCN=C(N)N)C(=O)N(CC(=O)N[C@@H](CCCCN)C(N)=O)Cc1c[nH]c2ccccc12. The summed E-state index contributed by atoms with van der Waals surface area (Å²) in [5.41, 5.74) is 35.8. The molecule has 3 aromatic carbocycles. The van der Waals surface area contributed by atoms with E-state index in [0.29, 0.717) is 36.1 Å². The highest BCUT2D eigenvalue weighted by Crippen LogP contribution is 2.21. The molecule has 0 radical (unpaired) electrons. The van der Waals surface area contributed by atoms with Crippen LogP contribution in [0.2, 0.25) is 0 Å². The summed E-state index contributed by atoms with van der Waals surface area (Å²) in [5, 5.41) is 34.3. The highest BCUT2D eigenvalue weighted by Gasteiger charge is 2.34. The van der Waals surface area contributed by atoms with Gasteiger partial charge in [0.05, 0.1) is 6.54 Å². The number of guanidine groups is 2. The number of phenolic OH excluding ortho intramolecular Hbond substituents is 2. The third-order valence-corrected chi connectivity index (χ3v) is 11.5. The minimum Gasteiger partial charge on any atom is -0.508 e. The number of aliphatic imine (C=N–C) groups is 2. The molecule has 4 rings (SSSR count). The lowest BCUT2D eigenvalue weighted by molar-refractivity contribution is -0.141. The fourth-order valence-corrected chi connectivity index (χ4v) is 7.84. The Bertz CT molecular complexity index is 2540. The molecule has 0 aliphatic carbocycles. The molecule has 24 heteroatoms. The number of H-pyrrole nitrogens is 1. The molecule has 73 heavy (non-hydrogen) atoms. The standard InChI is InChI=1S/C49H69N15O9/c1-29(65)59-38(11-6-22-56-48(52)53)44(70)62-41(25-31-15-19-34(67)20-16-31)46(72)63-40(24-30-13-17-33(66)18-14-30)45(71)61-39(12-7-23-57-49(54)55)47(73)64(27-32-26-58-36-9-3-2-8-35(32)36)28-42(68)60-37(43(51)69)10-4-5-21-50/h2-3,8-9,13-20,26,37-41,58,66-67H,4-7,10-12,21-25,27-28,50H2,1H3,(H2,51,69)(H,59,65)(H,60,68)(H,61,71)(H,62,70)(H,63,72)(H4,52,53,56)(H4,54,55,57)/t37-,38-,39-,40-,41-/m0/s1. The van der Waals surface area contributed by atoms with E-state index in [1.54, 1.807) is 18.3 Å². The van der Waals surface area contributed by atoms with Gasteiger partial charge in [-0.25, -0.2) is 0 Å². The first-order chi connectivity index (χ1) is 34.8. The smallest absolute Gasteiger partial charge is 0.245 e. The van der Waals surface area contributed by atoms with E-state index in [9.17, 15) is 39.0 Å². The number of para-hydroxylation sites is 1. The second kappa shape index (κ2) is 29.1. The van der Waals surface area contributed by atoms with Gasteiger partial charge >= 0.3 is 0 Å². The number of benzene rings is 3. The van der Waals surface area contributed by atoms with Gasteiger partial charge in [0.25, 0.3) is 0 Å². The van der Waals surface area contributed by atoms with Crippen molar-refractivity contribution in [3.05, 3.63) is 95.7 Å². The average Bonchev–Trinajstić information content (AvgIpc) is 3.75. The molecule has 394 valence electrons. The maximum absolute atomic E-state index is 15.0. The van der Waals surface area contributed by atoms with Crippen LogP contribution in [0.3, 0.4) is 0 Å². The molecule has 1 aromatic heterocycles. The second-order valence-corrected chi connectivity index (χ2v) is 17.4. The number of aromatic hydroxyl groups is 2. The molecule has 0 spiro atoms. The fraction of sp³-hybridized carbons (Fsp3) is 0.408. The number of nitrogens with one attached hydrogen (secondary N) is 6. The maximum atomic E-state index is 15.0. The van der Waals surface area contributed by atoms with Gasteiger partial charge in [-0.2, -0.15) is 0 Å². The van der Waals surface area contributed by atoms with Gasteiger partial charge in [-0.05, 0) is 98.5 Å². The molecule has 0 aliphatic heterocycles. The number of fused-ring (bicyclic) bond motifs is 1. The van der Waals surface area contributed by atoms with Crippen molar-refractivity contribution < 1.29 is 43.8 Å². The number of nitrogens with two attached hydrogens (primary N) is 6. The van der Waals surface area contributed by atoms with E-state index in [4.69, 9.17) is 34.4 Å². The van der Waals surface area contributed by atoms with E-state index in [1.165, 1.54) is 48.2 Å². The first kappa shape index (κ1) is 57.2. The highest BCUT2D eigenvalue weighted by molar-refractivity contribution is 5.97. The molecule has 0 bridgehead atoms. The molecular formula is C49H69N15O9. The molecule has 0 fully saturated rings. The number of hydrogen-bond acceptors (Lipinski definition) is 12. The molecular weight excluding hydrogens is 943 g/mol. The minimum atomic E-state index is -1.45. The molecule has 5 atom stereocenters. The molecule has 0 unspecified atom stereocenters. The monoisotopic (exact) mass is 1010 g/mol. The molecule has 0 saturated heterocycles. The summed E-state index contributed by atoms with van der Waals surface area (Å²) in [4.78, 5) is 109. The summed E-state index contributed by atoms with van der Waals surface area (Å²) in [6.07, 6.45) is 3.09. The Morgan fingerprint density at radius 1 is 0.603 bits per heavy atom. The number of aromatic amines is 1. The quantitative estimate of drug-likeness (QED) is 0.0162. The van der Waals surface area contributed by atoms with E-state index < -0.39 is 78.1 Å². The maximum Gasteiger partial charge on any atom is 0.245 e. The van der Waals surface area contributed by atoms with Crippen molar-refractivity contribution in [3.63, 3.8) is 0 Å². The summed E-state index contributed by atoms with van der Waals surface area (Å²) < 4.78 is 0. The van der Waals surface area contributed by atoms with Gasteiger partial charge in [0.2, 0.25) is 41.4 Å². The summed E-state index contributed by atoms with van der Waals surface area (Å²) in [6.45, 7) is 1.08. The largest absolute Gasteiger partial charge is 0.508 e. The second-order valence-electron chi connectivity index (χ2n) is 17.4. The molecule has 24 nitrogen and oxygen atoms in total. The summed E-state index contributed by atoms with van der Waals surface area (Å²) in [6, 6.07) is 12.6. The van der Waals surface area contributed by atoms with Crippen molar-refractivity contribution in [3.8, 4) is 11.5 Å². The van der Waals surface area contributed by atoms with Crippen LogP contribution < -0.4 is 61.0 Å². The van der Waals surface area contributed by atoms with E-state index in [1.807, 2.05) is 24.3 Å². The number of phenols is 2. The number of rotatable bonds is 30. The van der Waals surface area contributed by atoms with Crippen molar-refractivity contribution in [1.29, 1.82) is 0 Å². The van der Waals surface area contributed by atoms with Gasteiger partial charge in [0.1, 0.15) is 41.7 Å². The zero-order chi connectivity index (χ0) is 53.5. The molecule has 20 N–H and O–H groups in total. The summed E-state index contributed by atoms with van der Waals surface area (Å²) in [7, 11) is 0. The van der Waals surface area contributed by atoms with Crippen molar-refractivity contribution in [2.45, 2.75) is 101 Å².